The minimum Gasteiger partial charge on any atom is -0.444 e. The first-order chi connectivity index (χ1) is 13.6. The second-order valence-electron chi connectivity index (χ2n) is 9.22. The fraction of sp³-hybridized carbons (Fsp3) is 0.636. The van der Waals surface area contributed by atoms with E-state index in [9.17, 15) is 4.79 Å². The lowest BCUT2D eigenvalue weighted by Crippen LogP contribution is -2.39. The molecule has 0 bridgehead atoms. The number of benzene rings is 1. The Bertz CT molecular complexity index is 840. The predicted molar refractivity (Wildman–Crippen MR) is 113 cm³/mol. The van der Waals surface area contributed by atoms with Crippen molar-refractivity contribution >= 4 is 17.2 Å². The van der Waals surface area contributed by atoms with E-state index in [1.54, 1.807) is 0 Å². The molecular weight excluding hydrogens is 368 g/mol. The van der Waals surface area contributed by atoms with Gasteiger partial charge in [-0.15, -0.1) is 0 Å². The zero-order valence-electron chi connectivity index (χ0n) is 18.3. The summed E-state index contributed by atoms with van der Waals surface area (Å²) >= 11 is 0. The van der Waals surface area contributed by atoms with Gasteiger partial charge in [0.15, 0.2) is 5.58 Å². The molecule has 0 saturated carbocycles. The minimum absolute atomic E-state index is 0.199. The molecule has 29 heavy (non-hydrogen) atoms. The summed E-state index contributed by atoms with van der Waals surface area (Å²) in [6, 6.07) is 5.93. The molecule has 1 amide bonds. The number of carbonyl (C=O) groups is 1. The highest BCUT2D eigenvalue weighted by molar-refractivity contribution is 5.73. The minimum atomic E-state index is -0.465. The van der Waals surface area contributed by atoms with Crippen molar-refractivity contribution in [3.05, 3.63) is 29.7 Å². The average Bonchev–Trinajstić information content (AvgIpc) is 2.90. The summed E-state index contributed by atoms with van der Waals surface area (Å²) in [5, 5.41) is 0. The molecule has 2 aromatic rings. The fourth-order valence-electron chi connectivity index (χ4n) is 3.41. The van der Waals surface area contributed by atoms with E-state index >= 15 is 0 Å². The predicted octanol–water partition coefficient (Wildman–Crippen LogP) is 3.93. The Morgan fingerprint density at radius 1 is 1.24 bits per heavy atom. The molecule has 1 atom stereocenters. The third-order valence-corrected chi connectivity index (χ3v) is 5.12. The van der Waals surface area contributed by atoms with Gasteiger partial charge < -0.3 is 19.8 Å². The van der Waals surface area contributed by atoms with E-state index in [0.29, 0.717) is 12.4 Å². The van der Waals surface area contributed by atoms with Crippen LogP contribution >= 0.6 is 0 Å². The van der Waals surface area contributed by atoms with Gasteiger partial charge in [-0.25, -0.2) is 9.78 Å². The topological polar surface area (TPSA) is 84.8 Å². The first-order valence-corrected chi connectivity index (χ1v) is 10.5. The molecule has 2 N–H and O–H groups in total. The van der Waals surface area contributed by atoms with Crippen molar-refractivity contribution in [3.63, 3.8) is 0 Å². The number of amides is 1. The molecule has 0 aliphatic carbocycles. The highest BCUT2D eigenvalue weighted by Crippen LogP contribution is 2.24. The lowest BCUT2D eigenvalue weighted by molar-refractivity contribution is 0.0257. The van der Waals surface area contributed by atoms with Crippen LogP contribution in [0.3, 0.4) is 0 Å². The summed E-state index contributed by atoms with van der Waals surface area (Å²) in [6.07, 6.45) is 0.705. The van der Waals surface area contributed by atoms with Crippen molar-refractivity contribution in [2.45, 2.75) is 59.2 Å². The van der Waals surface area contributed by atoms with Crippen molar-refractivity contribution < 1.29 is 13.9 Å². The maximum atomic E-state index is 12.3. The molecule has 1 aromatic carbocycles. The second kappa shape index (κ2) is 8.71. The third-order valence-electron chi connectivity index (χ3n) is 5.12. The number of rotatable bonds is 4. The van der Waals surface area contributed by atoms with E-state index < -0.39 is 5.60 Å². The lowest BCUT2D eigenvalue weighted by atomic mass is 10.1. The third kappa shape index (κ3) is 5.70. The smallest absolute Gasteiger partial charge is 0.410 e. The van der Waals surface area contributed by atoms with E-state index in [2.05, 4.69) is 35.9 Å². The first-order valence-electron chi connectivity index (χ1n) is 10.5. The Morgan fingerprint density at radius 3 is 2.69 bits per heavy atom. The van der Waals surface area contributed by atoms with Crippen molar-refractivity contribution in [2.24, 2.45) is 11.7 Å². The zero-order chi connectivity index (χ0) is 21.2. The molecule has 1 saturated heterocycles. The number of fused-ring (bicyclic) bond motifs is 1. The SMILES string of the molecule is CC(C)C(N)c1nc2cc(CN3CCCN(C(=O)OC(C)(C)C)CC3)ccc2o1. The summed E-state index contributed by atoms with van der Waals surface area (Å²) in [5.74, 6) is 0.863. The number of hydrogen-bond donors (Lipinski definition) is 1. The van der Waals surface area contributed by atoms with Gasteiger partial charge >= 0.3 is 6.09 Å². The number of hydrogen-bond acceptors (Lipinski definition) is 6. The molecule has 0 radical (unpaired) electrons. The van der Waals surface area contributed by atoms with Crippen LogP contribution in [0.1, 0.15) is 58.5 Å². The summed E-state index contributed by atoms with van der Waals surface area (Å²) in [7, 11) is 0. The maximum Gasteiger partial charge on any atom is 0.410 e. The molecule has 3 rings (SSSR count). The van der Waals surface area contributed by atoms with Gasteiger partial charge in [-0.05, 0) is 50.8 Å². The van der Waals surface area contributed by atoms with Crippen molar-refractivity contribution in [1.82, 2.24) is 14.8 Å². The van der Waals surface area contributed by atoms with Crippen LogP contribution in [-0.2, 0) is 11.3 Å². The highest BCUT2D eigenvalue weighted by Gasteiger charge is 2.24. The van der Waals surface area contributed by atoms with E-state index in [0.717, 1.165) is 43.7 Å². The van der Waals surface area contributed by atoms with Gasteiger partial charge in [0.2, 0.25) is 5.89 Å². The standard InChI is InChI=1S/C22H34N4O3/c1-15(2)19(23)20-24-17-13-16(7-8-18(17)28-20)14-25-9-6-10-26(12-11-25)21(27)29-22(3,4)5/h7-8,13,15,19H,6,9-12,14,23H2,1-5H3. The molecule has 0 spiro atoms. The molecule has 1 unspecified atom stereocenters. The lowest BCUT2D eigenvalue weighted by Gasteiger charge is -2.26. The molecule has 1 aliphatic rings. The molecule has 2 heterocycles. The number of carbonyl (C=O) groups excluding carboxylic acids is 1. The van der Waals surface area contributed by atoms with Crippen molar-refractivity contribution in [2.75, 3.05) is 26.2 Å². The summed E-state index contributed by atoms with van der Waals surface area (Å²) in [6.45, 7) is 13.8. The maximum absolute atomic E-state index is 12.3. The van der Waals surface area contributed by atoms with Gasteiger partial charge in [0.25, 0.3) is 0 Å². The molecule has 1 aliphatic heterocycles. The highest BCUT2D eigenvalue weighted by atomic mass is 16.6. The van der Waals surface area contributed by atoms with Crippen molar-refractivity contribution in [3.8, 4) is 0 Å². The van der Waals surface area contributed by atoms with Crippen LogP contribution in [0.2, 0.25) is 0 Å². The molecule has 7 nitrogen and oxygen atoms in total. The molecule has 7 heteroatoms. The van der Waals surface area contributed by atoms with Gasteiger partial charge in [-0.2, -0.15) is 0 Å². The number of nitrogens with zero attached hydrogens (tertiary/aromatic N) is 3. The number of aromatic nitrogens is 1. The van der Waals surface area contributed by atoms with Gasteiger partial charge in [0, 0.05) is 32.7 Å². The van der Waals surface area contributed by atoms with Crippen molar-refractivity contribution in [1.29, 1.82) is 0 Å². The van der Waals surface area contributed by atoms with Crippen LogP contribution in [0.5, 0.6) is 0 Å². The fourth-order valence-corrected chi connectivity index (χ4v) is 3.41. The normalized spacial score (nSPS) is 17.6. The van der Waals surface area contributed by atoms with Crippen LogP contribution in [0.15, 0.2) is 22.6 Å². The largest absolute Gasteiger partial charge is 0.444 e. The Hall–Kier alpha value is -2.12. The quantitative estimate of drug-likeness (QED) is 0.834. The van der Waals surface area contributed by atoms with Crippen LogP contribution in [0.4, 0.5) is 4.79 Å². The Balaban J connectivity index is 1.62. The zero-order valence-corrected chi connectivity index (χ0v) is 18.3. The van der Waals surface area contributed by atoms with Crippen LogP contribution in [-0.4, -0.2) is 52.7 Å². The average molecular weight is 403 g/mol. The van der Waals surface area contributed by atoms with E-state index in [-0.39, 0.29) is 18.1 Å². The van der Waals surface area contributed by atoms with Gasteiger partial charge in [0.05, 0.1) is 6.04 Å². The Labute approximate surface area is 173 Å². The molecule has 1 fully saturated rings. The van der Waals surface area contributed by atoms with E-state index in [1.165, 1.54) is 5.56 Å². The molecule has 160 valence electrons. The van der Waals surface area contributed by atoms with Gasteiger partial charge in [-0.1, -0.05) is 19.9 Å². The Kier molecular flexibility index (Phi) is 6.49. The summed E-state index contributed by atoms with van der Waals surface area (Å²) < 4.78 is 11.3. The monoisotopic (exact) mass is 402 g/mol. The number of oxazole rings is 1. The van der Waals surface area contributed by atoms with Gasteiger partial charge in [0.1, 0.15) is 11.1 Å². The van der Waals surface area contributed by atoms with E-state index in [1.807, 2.05) is 31.7 Å². The van der Waals surface area contributed by atoms with Gasteiger partial charge in [-0.3, -0.25) is 4.90 Å². The summed E-state index contributed by atoms with van der Waals surface area (Å²) in [4.78, 5) is 21.1. The number of nitrogens with two attached hydrogens (primary N) is 1. The Morgan fingerprint density at radius 2 is 2.00 bits per heavy atom. The van der Waals surface area contributed by atoms with Crippen LogP contribution < -0.4 is 5.73 Å². The molecular formula is C22H34N4O3. The first kappa shape index (κ1) is 21.6. The molecule has 1 aromatic heterocycles. The summed E-state index contributed by atoms with van der Waals surface area (Å²) in [5.41, 5.74) is 8.51. The van der Waals surface area contributed by atoms with E-state index in [4.69, 9.17) is 14.9 Å². The second-order valence-corrected chi connectivity index (χ2v) is 9.22. The number of ether oxygens (including phenoxy) is 1. The van der Waals surface area contributed by atoms with Crippen LogP contribution in [0.25, 0.3) is 11.1 Å². The van der Waals surface area contributed by atoms with Crippen LogP contribution in [0, 0.1) is 5.92 Å².